The van der Waals surface area contributed by atoms with E-state index in [1.807, 2.05) is 0 Å². The van der Waals surface area contributed by atoms with Crippen LogP contribution in [0, 0.1) is 5.92 Å². The molecule has 1 heterocycles. The topological polar surface area (TPSA) is 21.8 Å². The first-order chi connectivity index (χ1) is 9.19. The lowest BCUT2D eigenvalue weighted by molar-refractivity contribution is 0.261. The number of rotatable bonds is 8. The van der Waals surface area contributed by atoms with Crippen LogP contribution in [0.15, 0.2) is 18.2 Å². The molecule has 0 aliphatic carbocycles. The summed E-state index contributed by atoms with van der Waals surface area (Å²) in [5.41, 5.74) is 2.72. The number of hydrogen-bond acceptors (Lipinski definition) is 2. The molecular formula is C17H26O2. The number of epoxide rings is 1. The summed E-state index contributed by atoms with van der Waals surface area (Å²) in [7, 11) is 0. The van der Waals surface area contributed by atoms with Crippen LogP contribution in [0.3, 0.4) is 0 Å². The first-order valence-corrected chi connectivity index (χ1v) is 7.55. The van der Waals surface area contributed by atoms with Crippen LogP contribution in [-0.2, 0) is 17.6 Å². The van der Waals surface area contributed by atoms with Crippen LogP contribution in [0.4, 0.5) is 0 Å². The maximum atomic E-state index is 5.94. The molecule has 1 saturated heterocycles. The smallest absolute Gasteiger partial charge is 0.122 e. The van der Waals surface area contributed by atoms with Crippen molar-refractivity contribution in [2.45, 2.75) is 52.6 Å². The van der Waals surface area contributed by atoms with Gasteiger partial charge in [0.05, 0.1) is 6.61 Å². The highest BCUT2D eigenvalue weighted by molar-refractivity contribution is 5.38. The fourth-order valence-corrected chi connectivity index (χ4v) is 2.17. The van der Waals surface area contributed by atoms with E-state index < -0.39 is 0 Å². The van der Waals surface area contributed by atoms with E-state index in [1.54, 1.807) is 0 Å². The van der Waals surface area contributed by atoms with Gasteiger partial charge in [-0.15, -0.1) is 0 Å². The number of aryl methyl sites for hydroxylation is 2. The van der Waals surface area contributed by atoms with Crippen molar-refractivity contribution in [2.75, 3.05) is 13.2 Å². The fraction of sp³-hybridized carbons (Fsp3) is 0.647. The van der Waals surface area contributed by atoms with Crippen LogP contribution < -0.4 is 4.74 Å². The molecule has 19 heavy (non-hydrogen) atoms. The molecule has 0 saturated carbocycles. The molecule has 1 atom stereocenters. The van der Waals surface area contributed by atoms with Gasteiger partial charge in [0, 0.05) is 0 Å². The van der Waals surface area contributed by atoms with E-state index in [2.05, 4.69) is 39.0 Å². The predicted octanol–water partition coefficient (Wildman–Crippen LogP) is 4.01. The number of ether oxygens (including phenoxy) is 2. The summed E-state index contributed by atoms with van der Waals surface area (Å²) in [6.45, 7) is 8.31. The van der Waals surface area contributed by atoms with E-state index in [0.717, 1.165) is 37.5 Å². The minimum atomic E-state index is 0.328. The van der Waals surface area contributed by atoms with E-state index in [9.17, 15) is 0 Å². The van der Waals surface area contributed by atoms with Gasteiger partial charge in [0.1, 0.15) is 18.5 Å². The van der Waals surface area contributed by atoms with Crippen LogP contribution in [0.1, 0.15) is 44.7 Å². The molecule has 2 heteroatoms. The van der Waals surface area contributed by atoms with Crippen LogP contribution in [0.25, 0.3) is 0 Å². The molecule has 1 aliphatic heterocycles. The largest absolute Gasteiger partial charge is 0.490 e. The third-order valence-corrected chi connectivity index (χ3v) is 3.49. The molecule has 1 aromatic rings. The first kappa shape index (κ1) is 14.4. The van der Waals surface area contributed by atoms with E-state index in [4.69, 9.17) is 9.47 Å². The van der Waals surface area contributed by atoms with Gasteiger partial charge >= 0.3 is 0 Å². The third kappa shape index (κ3) is 4.87. The Morgan fingerprint density at radius 2 is 2.11 bits per heavy atom. The van der Waals surface area contributed by atoms with Crippen LogP contribution in [0.2, 0.25) is 0 Å². The monoisotopic (exact) mass is 262 g/mol. The molecule has 1 unspecified atom stereocenters. The maximum Gasteiger partial charge on any atom is 0.122 e. The van der Waals surface area contributed by atoms with Crippen molar-refractivity contribution in [3.8, 4) is 5.75 Å². The second kappa shape index (κ2) is 6.95. The maximum absolute atomic E-state index is 5.94. The van der Waals surface area contributed by atoms with Crippen molar-refractivity contribution in [1.82, 2.24) is 0 Å². The average molecular weight is 262 g/mol. The highest BCUT2D eigenvalue weighted by Crippen LogP contribution is 2.25. The van der Waals surface area contributed by atoms with E-state index in [1.165, 1.54) is 17.5 Å². The van der Waals surface area contributed by atoms with Crippen LogP contribution >= 0.6 is 0 Å². The molecule has 0 spiro atoms. The summed E-state index contributed by atoms with van der Waals surface area (Å²) in [4.78, 5) is 0. The van der Waals surface area contributed by atoms with Crippen molar-refractivity contribution < 1.29 is 9.47 Å². The minimum Gasteiger partial charge on any atom is -0.490 e. The second-order valence-corrected chi connectivity index (χ2v) is 5.89. The predicted molar refractivity (Wildman–Crippen MR) is 78.8 cm³/mol. The Bertz CT molecular complexity index is 394. The Labute approximate surface area is 117 Å². The molecule has 0 amide bonds. The van der Waals surface area contributed by atoms with Crippen molar-refractivity contribution in [2.24, 2.45) is 5.92 Å². The van der Waals surface area contributed by atoms with Gasteiger partial charge in [-0.1, -0.05) is 39.3 Å². The number of hydrogen-bond donors (Lipinski definition) is 0. The molecule has 1 fully saturated rings. The van der Waals surface area contributed by atoms with Gasteiger partial charge < -0.3 is 9.47 Å². The molecule has 2 rings (SSSR count). The van der Waals surface area contributed by atoms with Crippen molar-refractivity contribution in [1.29, 1.82) is 0 Å². The zero-order valence-corrected chi connectivity index (χ0v) is 12.4. The average Bonchev–Trinajstić information content (AvgIpc) is 3.20. The van der Waals surface area contributed by atoms with Gasteiger partial charge in [-0.05, 0) is 42.4 Å². The standard InChI is InChI=1S/C17H26O2/c1-4-5-15-9-8-14(7-6-13(2)3)10-17(15)19-12-16-11-18-16/h8-10,13,16H,4-7,11-12H2,1-3H3. The highest BCUT2D eigenvalue weighted by atomic mass is 16.6. The molecule has 0 radical (unpaired) electrons. The number of benzene rings is 1. The van der Waals surface area contributed by atoms with Crippen LogP contribution in [-0.4, -0.2) is 19.3 Å². The van der Waals surface area contributed by atoms with Crippen LogP contribution in [0.5, 0.6) is 5.75 Å². The summed E-state index contributed by atoms with van der Waals surface area (Å²) in [5, 5.41) is 0. The Morgan fingerprint density at radius 3 is 2.74 bits per heavy atom. The molecule has 1 aromatic carbocycles. The lowest BCUT2D eigenvalue weighted by atomic mass is 10.00. The molecule has 0 N–H and O–H groups in total. The van der Waals surface area contributed by atoms with Gasteiger partial charge in [-0.3, -0.25) is 0 Å². The van der Waals surface area contributed by atoms with Crippen molar-refractivity contribution in [3.05, 3.63) is 29.3 Å². The molecule has 0 aromatic heterocycles. The molecule has 106 valence electrons. The first-order valence-electron chi connectivity index (χ1n) is 7.55. The van der Waals surface area contributed by atoms with Gasteiger partial charge in [0.2, 0.25) is 0 Å². The van der Waals surface area contributed by atoms with Crippen molar-refractivity contribution in [3.63, 3.8) is 0 Å². The molecule has 2 nitrogen and oxygen atoms in total. The Morgan fingerprint density at radius 1 is 1.32 bits per heavy atom. The zero-order valence-electron chi connectivity index (χ0n) is 12.4. The molecule has 0 bridgehead atoms. The van der Waals surface area contributed by atoms with E-state index in [0.29, 0.717) is 12.7 Å². The van der Waals surface area contributed by atoms with Crippen molar-refractivity contribution >= 4 is 0 Å². The summed E-state index contributed by atoms with van der Waals surface area (Å²) < 4.78 is 11.2. The van der Waals surface area contributed by atoms with Gasteiger partial charge in [0.15, 0.2) is 0 Å². The Hall–Kier alpha value is -1.02. The normalized spacial score (nSPS) is 17.8. The summed E-state index contributed by atoms with van der Waals surface area (Å²) >= 11 is 0. The third-order valence-electron chi connectivity index (χ3n) is 3.49. The lowest BCUT2D eigenvalue weighted by Crippen LogP contribution is -2.06. The lowest BCUT2D eigenvalue weighted by Gasteiger charge is -2.13. The molecular weight excluding hydrogens is 236 g/mol. The minimum absolute atomic E-state index is 0.328. The van der Waals surface area contributed by atoms with Gasteiger partial charge in [-0.2, -0.15) is 0 Å². The Balaban J connectivity index is 2.02. The van der Waals surface area contributed by atoms with E-state index in [-0.39, 0.29) is 0 Å². The van der Waals surface area contributed by atoms with E-state index >= 15 is 0 Å². The fourth-order valence-electron chi connectivity index (χ4n) is 2.17. The SMILES string of the molecule is CCCc1ccc(CCC(C)C)cc1OCC1CO1. The summed E-state index contributed by atoms with van der Waals surface area (Å²) in [6.07, 6.45) is 4.94. The Kier molecular flexibility index (Phi) is 5.26. The van der Waals surface area contributed by atoms with Gasteiger partial charge in [-0.25, -0.2) is 0 Å². The summed E-state index contributed by atoms with van der Waals surface area (Å²) in [5.74, 6) is 1.82. The quantitative estimate of drug-likeness (QED) is 0.660. The zero-order chi connectivity index (χ0) is 13.7. The van der Waals surface area contributed by atoms with Gasteiger partial charge in [0.25, 0.3) is 0 Å². The second-order valence-electron chi connectivity index (χ2n) is 5.89. The summed E-state index contributed by atoms with van der Waals surface area (Å²) in [6, 6.07) is 6.73. The highest BCUT2D eigenvalue weighted by Gasteiger charge is 2.23. The molecule has 1 aliphatic rings.